The molecule has 0 aromatic heterocycles. The Labute approximate surface area is 118 Å². The Morgan fingerprint density at radius 1 is 1.26 bits per heavy atom. The predicted octanol–water partition coefficient (Wildman–Crippen LogP) is 3.07. The smallest absolute Gasteiger partial charge is 0.00915 e. The van der Waals surface area contributed by atoms with Gasteiger partial charge in [-0.1, -0.05) is 50.1 Å². The maximum absolute atomic E-state index is 6.26. The van der Waals surface area contributed by atoms with E-state index in [0.29, 0.717) is 12.0 Å². The maximum Gasteiger partial charge on any atom is 0.00915 e. The van der Waals surface area contributed by atoms with Crippen LogP contribution in [-0.4, -0.2) is 30.6 Å². The molecule has 0 spiro atoms. The summed E-state index contributed by atoms with van der Waals surface area (Å²) >= 11 is 0. The van der Waals surface area contributed by atoms with E-state index in [4.69, 9.17) is 5.73 Å². The lowest BCUT2D eigenvalue weighted by Crippen LogP contribution is -2.47. The van der Waals surface area contributed by atoms with Crippen LogP contribution in [-0.2, 0) is 6.42 Å². The van der Waals surface area contributed by atoms with Gasteiger partial charge in [-0.15, -0.1) is 0 Å². The van der Waals surface area contributed by atoms with E-state index < -0.39 is 0 Å². The molecular weight excluding hydrogens is 232 g/mol. The zero-order chi connectivity index (χ0) is 13.5. The van der Waals surface area contributed by atoms with Crippen molar-refractivity contribution in [1.82, 2.24) is 4.90 Å². The molecule has 2 atom stereocenters. The van der Waals surface area contributed by atoms with E-state index in [-0.39, 0.29) is 0 Å². The van der Waals surface area contributed by atoms with Crippen molar-refractivity contribution in [3.63, 3.8) is 0 Å². The van der Waals surface area contributed by atoms with E-state index in [1.54, 1.807) is 0 Å². The lowest BCUT2D eigenvalue weighted by atomic mass is 9.88. The molecule has 0 radical (unpaired) electrons. The summed E-state index contributed by atoms with van der Waals surface area (Å²) in [5.74, 6) is 0.712. The number of nitrogens with zero attached hydrogens (tertiary/aromatic N) is 1. The van der Waals surface area contributed by atoms with Crippen molar-refractivity contribution in [1.29, 1.82) is 0 Å². The molecule has 0 bridgehead atoms. The highest BCUT2D eigenvalue weighted by Gasteiger charge is 2.25. The summed E-state index contributed by atoms with van der Waals surface area (Å²) in [5.41, 5.74) is 7.71. The number of benzene rings is 1. The van der Waals surface area contributed by atoms with Gasteiger partial charge in [-0.25, -0.2) is 0 Å². The first-order valence-corrected chi connectivity index (χ1v) is 7.81. The first-order valence-electron chi connectivity index (χ1n) is 7.81. The number of likely N-dealkylation sites (tertiary alicyclic amines) is 1. The third-order valence-electron chi connectivity index (χ3n) is 4.36. The van der Waals surface area contributed by atoms with E-state index in [1.807, 2.05) is 0 Å². The van der Waals surface area contributed by atoms with Crippen molar-refractivity contribution < 1.29 is 0 Å². The number of unbranched alkanes of at least 4 members (excludes halogenated alkanes) is 1. The summed E-state index contributed by atoms with van der Waals surface area (Å²) in [6.45, 7) is 5.82. The van der Waals surface area contributed by atoms with Crippen molar-refractivity contribution in [2.24, 2.45) is 11.7 Å². The highest BCUT2D eigenvalue weighted by molar-refractivity contribution is 5.14. The molecule has 0 aliphatic carbocycles. The van der Waals surface area contributed by atoms with Gasteiger partial charge in [-0.2, -0.15) is 0 Å². The fourth-order valence-electron chi connectivity index (χ4n) is 3.03. The average Bonchev–Trinajstić information content (AvgIpc) is 2.46. The fourth-order valence-corrected chi connectivity index (χ4v) is 3.03. The van der Waals surface area contributed by atoms with Gasteiger partial charge in [0, 0.05) is 19.1 Å². The minimum Gasteiger partial charge on any atom is -0.327 e. The molecule has 1 aromatic carbocycles. The molecule has 1 heterocycles. The molecular formula is C17H28N2. The summed E-state index contributed by atoms with van der Waals surface area (Å²) in [6.07, 6.45) is 6.25. The van der Waals surface area contributed by atoms with Crippen LogP contribution in [0.25, 0.3) is 0 Å². The molecule has 1 aromatic rings. The van der Waals surface area contributed by atoms with E-state index in [1.165, 1.54) is 50.9 Å². The van der Waals surface area contributed by atoms with Gasteiger partial charge in [0.2, 0.25) is 0 Å². The van der Waals surface area contributed by atoms with Crippen LogP contribution in [0.1, 0.15) is 38.2 Å². The normalized spacial score (nSPS) is 24.5. The minimum atomic E-state index is 0.430. The van der Waals surface area contributed by atoms with Gasteiger partial charge in [0.15, 0.2) is 0 Å². The fraction of sp³-hybridized carbons (Fsp3) is 0.647. The molecule has 1 saturated heterocycles. The summed E-state index contributed by atoms with van der Waals surface area (Å²) in [7, 11) is 0. The molecule has 2 nitrogen and oxygen atoms in total. The topological polar surface area (TPSA) is 29.3 Å². The Hall–Kier alpha value is -0.860. The first kappa shape index (κ1) is 14.5. The molecule has 2 N–H and O–H groups in total. The molecule has 2 heteroatoms. The number of piperidine rings is 1. The quantitative estimate of drug-likeness (QED) is 0.851. The van der Waals surface area contributed by atoms with Crippen LogP contribution < -0.4 is 5.73 Å². The summed E-state index contributed by atoms with van der Waals surface area (Å²) in [5, 5.41) is 0. The van der Waals surface area contributed by atoms with E-state index in [9.17, 15) is 0 Å². The van der Waals surface area contributed by atoms with Crippen LogP contribution in [0.5, 0.6) is 0 Å². The van der Waals surface area contributed by atoms with Crippen LogP contribution in [0.2, 0.25) is 0 Å². The van der Waals surface area contributed by atoms with E-state index in [0.717, 1.165) is 6.42 Å². The molecule has 2 rings (SSSR count). The lowest BCUT2D eigenvalue weighted by molar-refractivity contribution is 0.148. The second kappa shape index (κ2) is 7.66. The van der Waals surface area contributed by atoms with Crippen molar-refractivity contribution in [2.75, 3.05) is 19.6 Å². The third-order valence-corrected chi connectivity index (χ3v) is 4.36. The van der Waals surface area contributed by atoms with E-state index >= 15 is 0 Å². The van der Waals surface area contributed by atoms with Gasteiger partial charge < -0.3 is 10.6 Å². The SMILES string of the molecule is CCCC[C@H]1CN(CCc2ccccc2)CC[C@@H]1N. The van der Waals surface area contributed by atoms with Crippen molar-refractivity contribution in [3.05, 3.63) is 35.9 Å². The number of nitrogens with two attached hydrogens (primary N) is 1. The molecule has 0 amide bonds. The highest BCUT2D eigenvalue weighted by Crippen LogP contribution is 2.21. The van der Waals surface area contributed by atoms with Gasteiger partial charge in [-0.05, 0) is 37.3 Å². The third kappa shape index (κ3) is 4.63. The van der Waals surface area contributed by atoms with Gasteiger partial charge in [0.25, 0.3) is 0 Å². The summed E-state index contributed by atoms with van der Waals surface area (Å²) < 4.78 is 0. The maximum atomic E-state index is 6.26. The summed E-state index contributed by atoms with van der Waals surface area (Å²) in [4.78, 5) is 2.61. The molecule has 106 valence electrons. The van der Waals surface area contributed by atoms with E-state index in [2.05, 4.69) is 42.2 Å². The lowest BCUT2D eigenvalue weighted by Gasteiger charge is -2.37. The Balaban J connectivity index is 1.78. The summed E-state index contributed by atoms with van der Waals surface area (Å²) in [6, 6.07) is 11.2. The highest BCUT2D eigenvalue weighted by atomic mass is 15.1. The van der Waals surface area contributed by atoms with Crippen LogP contribution in [0.3, 0.4) is 0 Å². The first-order chi connectivity index (χ1) is 9.29. The number of hydrogen-bond acceptors (Lipinski definition) is 2. The van der Waals surface area contributed by atoms with Crippen LogP contribution in [0.4, 0.5) is 0 Å². The standard InChI is InChI=1S/C17H28N2/c1-2-3-9-16-14-19(13-11-17(16)18)12-10-15-7-5-4-6-8-15/h4-8,16-17H,2-3,9-14,18H2,1H3/t16-,17-/m0/s1. The van der Waals surface area contributed by atoms with Crippen molar-refractivity contribution in [3.8, 4) is 0 Å². The molecule has 1 aliphatic rings. The van der Waals surface area contributed by atoms with Crippen LogP contribution in [0.15, 0.2) is 30.3 Å². The monoisotopic (exact) mass is 260 g/mol. The zero-order valence-electron chi connectivity index (χ0n) is 12.2. The molecule has 19 heavy (non-hydrogen) atoms. The largest absolute Gasteiger partial charge is 0.327 e. The molecule has 1 aliphatic heterocycles. The molecule has 0 unspecified atom stereocenters. The van der Waals surface area contributed by atoms with Crippen LogP contribution >= 0.6 is 0 Å². The van der Waals surface area contributed by atoms with Gasteiger partial charge in [-0.3, -0.25) is 0 Å². The Bertz CT molecular complexity index is 350. The second-order valence-corrected chi connectivity index (χ2v) is 5.89. The Morgan fingerprint density at radius 3 is 2.79 bits per heavy atom. The Morgan fingerprint density at radius 2 is 2.05 bits per heavy atom. The number of hydrogen-bond donors (Lipinski definition) is 1. The predicted molar refractivity (Wildman–Crippen MR) is 82.2 cm³/mol. The van der Waals surface area contributed by atoms with Gasteiger partial charge >= 0.3 is 0 Å². The Kier molecular flexibility index (Phi) is 5.87. The molecule has 1 fully saturated rings. The van der Waals surface area contributed by atoms with Gasteiger partial charge in [0.1, 0.15) is 0 Å². The second-order valence-electron chi connectivity index (χ2n) is 5.89. The molecule has 0 saturated carbocycles. The van der Waals surface area contributed by atoms with Crippen molar-refractivity contribution in [2.45, 2.75) is 45.1 Å². The van der Waals surface area contributed by atoms with Gasteiger partial charge in [0.05, 0.1) is 0 Å². The zero-order valence-corrected chi connectivity index (χ0v) is 12.2. The van der Waals surface area contributed by atoms with Crippen LogP contribution in [0, 0.1) is 5.92 Å². The minimum absolute atomic E-state index is 0.430. The number of rotatable bonds is 6. The average molecular weight is 260 g/mol. The van der Waals surface area contributed by atoms with Crippen molar-refractivity contribution >= 4 is 0 Å².